The third-order valence-electron chi connectivity index (χ3n) is 4.00. The van der Waals surface area contributed by atoms with Crippen LogP contribution in [0.15, 0.2) is 24.3 Å². The second-order valence-electron chi connectivity index (χ2n) is 5.68. The second kappa shape index (κ2) is 5.75. The van der Waals surface area contributed by atoms with Crippen LogP contribution in [0, 0.1) is 5.92 Å². The lowest BCUT2D eigenvalue weighted by Gasteiger charge is -2.26. The number of rotatable bonds is 3. The summed E-state index contributed by atoms with van der Waals surface area (Å²) in [6, 6.07) is 5.58. The summed E-state index contributed by atoms with van der Waals surface area (Å²) in [6.45, 7) is 1.01. The van der Waals surface area contributed by atoms with Gasteiger partial charge in [0.15, 0.2) is 0 Å². The summed E-state index contributed by atoms with van der Waals surface area (Å²) < 4.78 is 40.2. The van der Waals surface area contributed by atoms with Crippen LogP contribution < -0.4 is 10.1 Å². The number of alkyl halides is 3. The molecule has 8 heteroatoms. The SMILES string of the molecule is O=C1CN(C(=O)C2CC2c2ccc(OC(F)(F)F)cc2)CCN1. The van der Waals surface area contributed by atoms with Crippen LogP contribution in [0.4, 0.5) is 13.2 Å². The highest BCUT2D eigenvalue weighted by Gasteiger charge is 2.46. The van der Waals surface area contributed by atoms with E-state index in [2.05, 4.69) is 10.1 Å². The fourth-order valence-corrected chi connectivity index (χ4v) is 2.81. The minimum Gasteiger partial charge on any atom is -0.406 e. The normalized spacial score (nSPS) is 24.1. The van der Waals surface area contributed by atoms with Crippen molar-refractivity contribution in [1.29, 1.82) is 0 Å². The molecule has 124 valence electrons. The molecule has 1 aromatic rings. The van der Waals surface area contributed by atoms with Crippen molar-refractivity contribution in [3.63, 3.8) is 0 Å². The average Bonchev–Trinajstić information content (AvgIpc) is 3.26. The lowest BCUT2D eigenvalue weighted by atomic mass is 10.1. The van der Waals surface area contributed by atoms with Crippen LogP contribution >= 0.6 is 0 Å². The van der Waals surface area contributed by atoms with Crippen molar-refractivity contribution in [2.45, 2.75) is 18.7 Å². The van der Waals surface area contributed by atoms with Crippen LogP contribution in [-0.4, -0.2) is 42.7 Å². The number of amides is 2. The van der Waals surface area contributed by atoms with Crippen LogP contribution in [0.25, 0.3) is 0 Å². The molecule has 0 bridgehead atoms. The summed E-state index contributed by atoms with van der Waals surface area (Å²) >= 11 is 0. The first kappa shape index (κ1) is 15.6. The summed E-state index contributed by atoms with van der Waals surface area (Å²) in [4.78, 5) is 25.2. The van der Waals surface area contributed by atoms with Crippen LogP contribution in [0.3, 0.4) is 0 Å². The highest BCUT2D eigenvalue weighted by molar-refractivity contribution is 5.89. The van der Waals surface area contributed by atoms with Gasteiger partial charge in [-0.3, -0.25) is 9.59 Å². The van der Waals surface area contributed by atoms with E-state index >= 15 is 0 Å². The van der Waals surface area contributed by atoms with Gasteiger partial charge in [0.1, 0.15) is 5.75 Å². The lowest BCUT2D eigenvalue weighted by molar-refractivity contribution is -0.274. The number of piperazine rings is 1. The minimum atomic E-state index is -4.71. The summed E-state index contributed by atoms with van der Waals surface area (Å²) in [5, 5.41) is 2.66. The molecule has 1 saturated heterocycles. The van der Waals surface area contributed by atoms with E-state index in [1.807, 2.05) is 0 Å². The van der Waals surface area contributed by atoms with Crippen LogP contribution in [-0.2, 0) is 9.59 Å². The van der Waals surface area contributed by atoms with Crippen molar-refractivity contribution in [1.82, 2.24) is 10.2 Å². The third kappa shape index (κ3) is 3.75. The number of carbonyl (C=O) groups is 2. The summed E-state index contributed by atoms with van der Waals surface area (Å²) in [7, 11) is 0. The van der Waals surface area contributed by atoms with Gasteiger partial charge in [-0.25, -0.2) is 0 Å². The van der Waals surface area contributed by atoms with E-state index < -0.39 is 6.36 Å². The molecule has 1 heterocycles. The zero-order chi connectivity index (χ0) is 16.6. The fourth-order valence-electron chi connectivity index (χ4n) is 2.81. The Balaban J connectivity index is 1.59. The number of hydrogen-bond acceptors (Lipinski definition) is 3. The number of halogens is 3. The Morgan fingerprint density at radius 1 is 1.26 bits per heavy atom. The molecule has 1 aromatic carbocycles. The standard InChI is InChI=1S/C15H15F3N2O3/c16-15(17,18)23-10-3-1-9(2-4-10)11-7-12(11)14(22)20-6-5-19-13(21)8-20/h1-4,11-12H,5-8H2,(H,19,21). The van der Waals surface area contributed by atoms with Gasteiger partial charge in [0.05, 0.1) is 6.54 Å². The maximum absolute atomic E-state index is 12.3. The molecule has 2 aliphatic rings. The quantitative estimate of drug-likeness (QED) is 0.918. The van der Waals surface area contributed by atoms with Crippen molar-refractivity contribution in [2.24, 2.45) is 5.92 Å². The number of hydrogen-bond donors (Lipinski definition) is 1. The molecule has 1 N–H and O–H groups in total. The van der Waals surface area contributed by atoms with E-state index in [9.17, 15) is 22.8 Å². The molecule has 1 aliphatic heterocycles. The molecule has 0 aromatic heterocycles. The zero-order valence-corrected chi connectivity index (χ0v) is 12.1. The average molecular weight is 328 g/mol. The van der Waals surface area contributed by atoms with Crippen LogP contribution in [0.2, 0.25) is 0 Å². The van der Waals surface area contributed by atoms with E-state index in [4.69, 9.17) is 0 Å². The number of benzene rings is 1. The predicted octanol–water partition coefficient (Wildman–Crippen LogP) is 1.65. The molecule has 2 unspecified atom stereocenters. The van der Waals surface area contributed by atoms with Gasteiger partial charge >= 0.3 is 6.36 Å². The Hall–Kier alpha value is -2.25. The van der Waals surface area contributed by atoms with Gasteiger partial charge in [-0.1, -0.05) is 12.1 Å². The smallest absolute Gasteiger partial charge is 0.406 e. The van der Waals surface area contributed by atoms with Gasteiger partial charge in [-0.2, -0.15) is 0 Å². The third-order valence-corrected chi connectivity index (χ3v) is 4.00. The van der Waals surface area contributed by atoms with Gasteiger partial charge in [0.25, 0.3) is 0 Å². The predicted molar refractivity (Wildman–Crippen MR) is 73.6 cm³/mol. The minimum absolute atomic E-state index is 0.00701. The van der Waals surface area contributed by atoms with Gasteiger partial charge in [-0.05, 0) is 30.0 Å². The first-order valence-electron chi connectivity index (χ1n) is 7.25. The Kier molecular flexibility index (Phi) is 3.91. The highest BCUT2D eigenvalue weighted by atomic mass is 19.4. The number of nitrogens with zero attached hydrogens (tertiary/aromatic N) is 1. The Morgan fingerprint density at radius 3 is 2.57 bits per heavy atom. The van der Waals surface area contributed by atoms with Crippen molar-refractivity contribution in [3.05, 3.63) is 29.8 Å². The number of carbonyl (C=O) groups excluding carboxylic acids is 2. The molecule has 3 rings (SSSR count). The van der Waals surface area contributed by atoms with Gasteiger partial charge in [0.2, 0.25) is 11.8 Å². The summed E-state index contributed by atoms with van der Waals surface area (Å²) in [5.74, 6) is -0.726. The van der Waals surface area contributed by atoms with Crippen molar-refractivity contribution in [3.8, 4) is 5.75 Å². The summed E-state index contributed by atoms with van der Waals surface area (Å²) in [6.07, 6.45) is -4.06. The fraction of sp³-hybridized carbons (Fsp3) is 0.467. The maximum Gasteiger partial charge on any atom is 0.573 e. The molecule has 0 spiro atoms. The first-order chi connectivity index (χ1) is 10.8. The van der Waals surface area contributed by atoms with E-state index in [1.54, 1.807) is 12.1 Å². The van der Waals surface area contributed by atoms with Gasteiger partial charge < -0.3 is 15.0 Å². The van der Waals surface area contributed by atoms with Gasteiger partial charge in [0, 0.05) is 19.0 Å². The molecule has 0 radical (unpaired) electrons. The lowest BCUT2D eigenvalue weighted by Crippen LogP contribution is -2.50. The number of ether oxygens (including phenoxy) is 1. The van der Waals surface area contributed by atoms with E-state index in [1.165, 1.54) is 17.0 Å². The van der Waals surface area contributed by atoms with E-state index in [-0.39, 0.29) is 35.9 Å². The molecule has 23 heavy (non-hydrogen) atoms. The Bertz CT molecular complexity index is 615. The topological polar surface area (TPSA) is 58.6 Å². The molecule has 2 atom stereocenters. The molecule has 5 nitrogen and oxygen atoms in total. The van der Waals surface area contributed by atoms with Crippen molar-refractivity contribution in [2.75, 3.05) is 19.6 Å². The van der Waals surface area contributed by atoms with Crippen molar-refractivity contribution >= 4 is 11.8 Å². The molecule has 1 aliphatic carbocycles. The van der Waals surface area contributed by atoms with E-state index in [0.717, 1.165) is 5.56 Å². The highest BCUT2D eigenvalue weighted by Crippen LogP contribution is 2.48. The Labute approximate surface area is 130 Å². The second-order valence-corrected chi connectivity index (χ2v) is 5.68. The van der Waals surface area contributed by atoms with Gasteiger partial charge in [-0.15, -0.1) is 13.2 Å². The first-order valence-corrected chi connectivity index (χ1v) is 7.25. The maximum atomic E-state index is 12.3. The molecule has 2 fully saturated rings. The molecule has 1 saturated carbocycles. The monoisotopic (exact) mass is 328 g/mol. The zero-order valence-electron chi connectivity index (χ0n) is 12.1. The van der Waals surface area contributed by atoms with Crippen LogP contribution in [0.1, 0.15) is 17.9 Å². The largest absolute Gasteiger partial charge is 0.573 e. The molecule has 2 amide bonds. The molecular weight excluding hydrogens is 313 g/mol. The van der Waals surface area contributed by atoms with Crippen LogP contribution in [0.5, 0.6) is 5.75 Å². The van der Waals surface area contributed by atoms with E-state index in [0.29, 0.717) is 19.5 Å². The molecular formula is C15H15F3N2O3. The Morgan fingerprint density at radius 2 is 1.96 bits per heavy atom. The number of nitrogens with one attached hydrogen (secondary N) is 1. The van der Waals surface area contributed by atoms with Crippen molar-refractivity contribution < 1.29 is 27.5 Å². The summed E-state index contributed by atoms with van der Waals surface area (Å²) in [5.41, 5.74) is 0.805.